The first-order chi connectivity index (χ1) is 6.65. The Bertz CT molecular complexity index is 156. The molecule has 1 aliphatic heterocycles. The van der Waals surface area contributed by atoms with Crippen LogP contribution in [0.4, 0.5) is 0 Å². The molecule has 1 heterocycles. The van der Waals surface area contributed by atoms with Crippen LogP contribution >= 0.6 is 0 Å². The number of hydrogen-bond donors (Lipinski definition) is 1. The summed E-state index contributed by atoms with van der Waals surface area (Å²) in [5.74, 6) is 0.742. The number of hydrogen-bond acceptors (Lipinski definition) is 2. The van der Waals surface area contributed by atoms with Crippen molar-refractivity contribution >= 4 is 0 Å². The maximum absolute atomic E-state index is 3.65. The summed E-state index contributed by atoms with van der Waals surface area (Å²) in [5.41, 5.74) is 0. The Labute approximate surface area is 89.1 Å². The smallest absolute Gasteiger partial charge is 0.0221 e. The van der Waals surface area contributed by atoms with E-state index >= 15 is 0 Å². The topological polar surface area (TPSA) is 15.3 Å². The van der Waals surface area contributed by atoms with E-state index in [9.17, 15) is 0 Å². The average molecular weight is 198 g/mol. The molecular weight excluding hydrogens is 172 g/mol. The summed E-state index contributed by atoms with van der Waals surface area (Å²) >= 11 is 0. The largest absolute Gasteiger partial charge is 0.312 e. The van der Waals surface area contributed by atoms with Crippen LogP contribution in [0.5, 0.6) is 0 Å². The van der Waals surface area contributed by atoms with Gasteiger partial charge in [0, 0.05) is 18.6 Å². The van der Waals surface area contributed by atoms with Gasteiger partial charge in [-0.25, -0.2) is 0 Å². The van der Waals surface area contributed by atoms with Crippen molar-refractivity contribution in [1.29, 1.82) is 0 Å². The predicted octanol–water partition coefficient (Wildman–Crippen LogP) is 2.10. The van der Waals surface area contributed by atoms with Gasteiger partial charge in [0.05, 0.1) is 0 Å². The molecule has 0 spiro atoms. The van der Waals surface area contributed by atoms with Crippen molar-refractivity contribution in [1.82, 2.24) is 10.2 Å². The maximum Gasteiger partial charge on any atom is 0.0221 e. The van der Waals surface area contributed by atoms with E-state index in [0.717, 1.165) is 12.0 Å². The van der Waals surface area contributed by atoms with Gasteiger partial charge in [-0.2, -0.15) is 0 Å². The number of likely N-dealkylation sites (tertiary alicyclic amines) is 1. The Morgan fingerprint density at radius 3 is 2.64 bits per heavy atom. The van der Waals surface area contributed by atoms with Crippen LogP contribution in [-0.2, 0) is 0 Å². The molecule has 0 amide bonds. The summed E-state index contributed by atoms with van der Waals surface area (Å²) in [6, 6.07) is 1.44. The Balaban J connectivity index is 2.23. The fourth-order valence-electron chi connectivity index (χ4n) is 2.10. The molecule has 1 aliphatic rings. The van der Waals surface area contributed by atoms with Gasteiger partial charge < -0.3 is 5.32 Å². The Hall–Kier alpha value is -0.0800. The highest BCUT2D eigenvalue weighted by atomic mass is 15.2. The molecule has 1 N–H and O–H groups in total. The number of nitrogens with one attached hydrogen (secondary N) is 1. The molecule has 0 aromatic rings. The van der Waals surface area contributed by atoms with Gasteiger partial charge >= 0.3 is 0 Å². The van der Waals surface area contributed by atoms with Crippen LogP contribution in [0, 0.1) is 5.92 Å². The van der Waals surface area contributed by atoms with Crippen molar-refractivity contribution in [3.05, 3.63) is 0 Å². The molecule has 1 saturated heterocycles. The van der Waals surface area contributed by atoms with Crippen LogP contribution in [0.25, 0.3) is 0 Å². The Morgan fingerprint density at radius 2 is 2.07 bits per heavy atom. The van der Waals surface area contributed by atoms with E-state index in [1.165, 1.54) is 32.5 Å². The molecule has 2 heteroatoms. The lowest BCUT2D eigenvalue weighted by Gasteiger charge is -2.26. The second-order valence-corrected chi connectivity index (χ2v) is 4.87. The molecule has 0 bridgehead atoms. The fraction of sp³-hybridized carbons (Fsp3) is 1.00. The van der Waals surface area contributed by atoms with Gasteiger partial charge in [-0.1, -0.05) is 20.8 Å². The quantitative estimate of drug-likeness (QED) is 0.728. The summed E-state index contributed by atoms with van der Waals surface area (Å²) in [4.78, 5) is 2.60. The lowest BCUT2D eigenvalue weighted by molar-refractivity contribution is 0.249. The third kappa shape index (κ3) is 3.25. The molecule has 0 radical (unpaired) electrons. The van der Waals surface area contributed by atoms with E-state index in [4.69, 9.17) is 0 Å². The fourth-order valence-corrected chi connectivity index (χ4v) is 2.10. The van der Waals surface area contributed by atoms with Crippen molar-refractivity contribution in [2.45, 2.75) is 52.6 Å². The Morgan fingerprint density at radius 1 is 1.36 bits per heavy atom. The molecule has 0 aliphatic carbocycles. The minimum atomic E-state index is 0.648. The molecule has 0 saturated carbocycles. The van der Waals surface area contributed by atoms with E-state index in [2.05, 4.69) is 37.9 Å². The first-order valence-electron chi connectivity index (χ1n) is 6.12. The summed E-state index contributed by atoms with van der Waals surface area (Å²) in [6.07, 6.45) is 2.77. The van der Waals surface area contributed by atoms with Crippen molar-refractivity contribution in [2.75, 3.05) is 19.6 Å². The van der Waals surface area contributed by atoms with Crippen LogP contribution in [0.15, 0.2) is 0 Å². The van der Waals surface area contributed by atoms with Gasteiger partial charge in [0.15, 0.2) is 0 Å². The van der Waals surface area contributed by atoms with Crippen LogP contribution in [-0.4, -0.2) is 36.6 Å². The molecule has 1 fully saturated rings. The highest BCUT2D eigenvalue weighted by Crippen LogP contribution is 2.16. The van der Waals surface area contributed by atoms with Crippen molar-refractivity contribution in [3.63, 3.8) is 0 Å². The molecule has 1 rings (SSSR count). The van der Waals surface area contributed by atoms with Gasteiger partial charge in [-0.3, -0.25) is 4.90 Å². The zero-order chi connectivity index (χ0) is 10.6. The van der Waals surface area contributed by atoms with Gasteiger partial charge in [0.1, 0.15) is 0 Å². The van der Waals surface area contributed by atoms with Gasteiger partial charge in [0.25, 0.3) is 0 Å². The maximum atomic E-state index is 3.65. The normalized spacial score (nSPS) is 25.9. The highest BCUT2D eigenvalue weighted by Gasteiger charge is 2.23. The second kappa shape index (κ2) is 5.72. The third-order valence-electron chi connectivity index (χ3n) is 3.58. The third-order valence-corrected chi connectivity index (χ3v) is 3.58. The molecule has 2 atom stereocenters. The predicted molar refractivity (Wildman–Crippen MR) is 62.6 cm³/mol. The zero-order valence-corrected chi connectivity index (χ0v) is 10.2. The monoisotopic (exact) mass is 198 g/mol. The lowest BCUT2D eigenvalue weighted by Crippen LogP contribution is -2.42. The summed E-state index contributed by atoms with van der Waals surface area (Å²) in [5, 5.41) is 3.65. The SMILES string of the molecule is CCN1CCC[C@@H]1CN[C@H](C)C(C)C. The molecule has 0 aromatic carbocycles. The highest BCUT2D eigenvalue weighted by molar-refractivity contribution is 4.81. The molecule has 2 nitrogen and oxygen atoms in total. The molecule has 14 heavy (non-hydrogen) atoms. The number of likely N-dealkylation sites (N-methyl/N-ethyl adjacent to an activating group) is 1. The summed E-state index contributed by atoms with van der Waals surface area (Å²) < 4.78 is 0. The van der Waals surface area contributed by atoms with Gasteiger partial charge in [-0.05, 0) is 38.8 Å². The number of nitrogens with zero attached hydrogens (tertiary/aromatic N) is 1. The molecule has 0 aromatic heterocycles. The van der Waals surface area contributed by atoms with E-state index in [0.29, 0.717) is 6.04 Å². The summed E-state index contributed by atoms with van der Waals surface area (Å²) in [6.45, 7) is 12.8. The van der Waals surface area contributed by atoms with E-state index in [-0.39, 0.29) is 0 Å². The van der Waals surface area contributed by atoms with Crippen molar-refractivity contribution in [2.24, 2.45) is 5.92 Å². The van der Waals surface area contributed by atoms with Gasteiger partial charge in [0.2, 0.25) is 0 Å². The zero-order valence-electron chi connectivity index (χ0n) is 10.2. The minimum Gasteiger partial charge on any atom is -0.312 e. The van der Waals surface area contributed by atoms with Crippen LogP contribution < -0.4 is 5.32 Å². The second-order valence-electron chi connectivity index (χ2n) is 4.87. The average Bonchev–Trinajstić information content (AvgIpc) is 2.60. The van der Waals surface area contributed by atoms with Crippen LogP contribution in [0.1, 0.15) is 40.5 Å². The molecule has 84 valence electrons. The number of rotatable bonds is 5. The van der Waals surface area contributed by atoms with Gasteiger partial charge in [-0.15, -0.1) is 0 Å². The van der Waals surface area contributed by atoms with E-state index < -0.39 is 0 Å². The van der Waals surface area contributed by atoms with E-state index in [1.807, 2.05) is 0 Å². The first-order valence-corrected chi connectivity index (χ1v) is 6.12. The van der Waals surface area contributed by atoms with E-state index in [1.54, 1.807) is 0 Å². The van der Waals surface area contributed by atoms with Crippen LogP contribution in [0.3, 0.4) is 0 Å². The Kier molecular flexibility index (Phi) is 4.90. The van der Waals surface area contributed by atoms with Crippen LogP contribution in [0.2, 0.25) is 0 Å². The van der Waals surface area contributed by atoms with Crippen molar-refractivity contribution in [3.8, 4) is 0 Å². The molecule has 0 unspecified atom stereocenters. The summed E-state index contributed by atoms with van der Waals surface area (Å²) in [7, 11) is 0. The first kappa shape index (κ1) is 12.0. The molecular formula is C12H26N2. The minimum absolute atomic E-state index is 0.648. The van der Waals surface area contributed by atoms with Crippen molar-refractivity contribution < 1.29 is 0 Å². The standard InChI is InChI=1S/C12H26N2/c1-5-14-8-6-7-12(14)9-13-11(4)10(2)3/h10-13H,5-9H2,1-4H3/t11-,12-/m1/s1. The lowest BCUT2D eigenvalue weighted by atomic mass is 10.1.